The van der Waals surface area contributed by atoms with Gasteiger partial charge in [0.15, 0.2) is 0 Å². The van der Waals surface area contributed by atoms with Crippen molar-refractivity contribution in [2.75, 3.05) is 13.1 Å². The van der Waals surface area contributed by atoms with E-state index in [9.17, 15) is 36.7 Å². The highest BCUT2D eigenvalue weighted by Gasteiger charge is 2.23. The van der Waals surface area contributed by atoms with Crippen LogP contribution in [-0.4, -0.2) is 48.8 Å². The summed E-state index contributed by atoms with van der Waals surface area (Å²) in [6.07, 6.45) is 13.9. The zero-order valence-electron chi connectivity index (χ0n) is 29.3. The highest BCUT2D eigenvalue weighted by atomic mass is 19.1. The number of hydrogen-bond donors (Lipinski definition) is 4. The van der Waals surface area contributed by atoms with E-state index in [0.717, 1.165) is 55.2 Å². The smallest absolute Gasteiger partial charge is 0.244 e. The molecule has 1 aliphatic rings. The van der Waals surface area contributed by atoms with Crippen LogP contribution >= 0.6 is 0 Å². The largest absolute Gasteiger partial charge is 0.343 e. The lowest BCUT2D eigenvalue weighted by molar-refractivity contribution is -0.127. The third-order valence-electron chi connectivity index (χ3n) is 8.47. The molecule has 4 N–H and O–H groups in total. The van der Waals surface area contributed by atoms with Crippen LogP contribution in [0.25, 0.3) is 6.08 Å². The zero-order valence-corrected chi connectivity index (χ0v) is 29.3. The van der Waals surface area contributed by atoms with Crippen LogP contribution in [0.4, 0.5) is 17.6 Å². The Morgan fingerprint density at radius 3 is 1.83 bits per heavy atom. The van der Waals surface area contributed by atoms with Gasteiger partial charge in [0, 0.05) is 37.0 Å². The number of carbonyl (C=O) groups is 4. The summed E-state index contributed by atoms with van der Waals surface area (Å²) in [5.41, 5.74) is 1.14. The maximum atomic E-state index is 13.9. The molecule has 2 unspecified atom stereocenters. The van der Waals surface area contributed by atoms with Gasteiger partial charge in [0.05, 0.1) is 13.1 Å². The quantitative estimate of drug-likeness (QED) is 0.107. The number of rotatable bonds is 14. The van der Waals surface area contributed by atoms with Crippen LogP contribution in [0.15, 0.2) is 85.0 Å². The van der Waals surface area contributed by atoms with Crippen molar-refractivity contribution < 1.29 is 36.7 Å². The van der Waals surface area contributed by atoms with Crippen molar-refractivity contribution in [3.05, 3.63) is 125 Å². The molecule has 0 bridgehead atoms. The third kappa shape index (κ3) is 14.1. The van der Waals surface area contributed by atoms with Gasteiger partial charge < -0.3 is 21.3 Å². The fourth-order valence-electron chi connectivity index (χ4n) is 5.99. The van der Waals surface area contributed by atoms with Gasteiger partial charge in [-0.2, -0.15) is 0 Å². The van der Waals surface area contributed by atoms with Gasteiger partial charge in [0.1, 0.15) is 35.4 Å². The van der Waals surface area contributed by atoms with Crippen molar-refractivity contribution in [1.29, 1.82) is 0 Å². The molecule has 4 amide bonds. The summed E-state index contributed by atoms with van der Waals surface area (Å²) < 4.78 is 55.3. The molecule has 12 heteroatoms. The van der Waals surface area contributed by atoms with Crippen molar-refractivity contribution in [1.82, 2.24) is 21.3 Å². The molecule has 3 aromatic carbocycles. The minimum absolute atomic E-state index is 0.000352. The van der Waals surface area contributed by atoms with Crippen molar-refractivity contribution in [3.63, 3.8) is 0 Å². The summed E-state index contributed by atoms with van der Waals surface area (Å²) in [7, 11) is 0. The summed E-state index contributed by atoms with van der Waals surface area (Å²) >= 11 is 0. The lowest BCUT2D eigenvalue weighted by atomic mass is 9.81. The van der Waals surface area contributed by atoms with Crippen LogP contribution < -0.4 is 21.3 Å². The topological polar surface area (TPSA) is 116 Å². The molecule has 54 heavy (non-hydrogen) atoms. The fraction of sp³-hybridized carbons (Fsp3) is 0.286. The molecule has 1 aliphatic carbocycles. The molecule has 0 spiro atoms. The maximum absolute atomic E-state index is 13.9. The number of nitrogens with one attached hydrogen (secondary N) is 4. The number of halogens is 4. The second-order valence-corrected chi connectivity index (χ2v) is 12.8. The monoisotopic (exact) mass is 740 g/mol. The van der Waals surface area contributed by atoms with E-state index < -0.39 is 59.0 Å². The van der Waals surface area contributed by atoms with E-state index >= 15 is 0 Å². The number of hydrogen-bond acceptors (Lipinski definition) is 4. The summed E-state index contributed by atoms with van der Waals surface area (Å²) in [6.45, 7) is -0.132. The Balaban J connectivity index is 1.32. The van der Waals surface area contributed by atoms with E-state index in [2.05, 4.69) is 39.0 Å². The van der Waals surface area contributed by atoms with Gasteiger partial charge in [-0.15, -0.1) is 6.42 Å². The first-order valence-corrected chi connectivity index (χ1v) is 17.4. The molecule has 0 radical (unpaired) electrons. The average molecular weight is 741 g/mol. The number of amides is 4. The molecule has 8 nitrogen and oxygen atoms in total. The van der Waals surface area contributed by atoms with Crippen molar-refractivity contribution in [2.24, 2.45) is 11.8 Å². The minimum atomic E-state index is -1.14. The molecule has 1 fully saturated rings. The third-order valence-corrected chi connectivity index (χ3v) is 8.47. The van der Waals surface area contributed by atoms with E-state index in [4.69, 9.17) is 6.42 Å². The van der Waals surface area contributed by atoms with E-state index in [-0.39, 0.29) is 48.9 Å². The molecule has 0 heterocycles. The number of terminal acetylenes is 1. The predicted molar refractivity (Wildman–Crippen MR) is 197 cm³/mol. The van der Waals surface area contributed by atoms with Crippen LogP contribution in [-0.2, 0) is 32.0 Å². The van der Waals surface area contributed by atoms with Gasteiger partial charge in [0.25, 0.3) is 0 Å². The van der Waals surface area contributed by atoms with Gasteiger partial charge >= 0.3 is 0 Å². The Morgan fingerprint density at radius 1 is 0.741 bits per heavy atom. The first-order valence-electron chi connectivity index (χ1n) is 17.4. The summed E-state index contributed by atoms with van der Waals surface area (Å²) in [4.78, 5) is 51.4. The molecule has 3 aromatic rings. The summed E-state index contributed by atoms with van der Waals surface area (Å²) in [6, 6.07) is 12.6. The highest BCUT2D eigenvalue weighted by Crippen LogP contribution is 2.29. The molecule has 0 aliphatic heterocycles. The number of allylic oxidation sites excluding steroid dienone is 1. The lowest BCUT2D eigenvalue weighted by Crippen LogP contribution is -2.47. The first kappa shape index (κ1) is 40.6. The first-order chi connectivity index (χ1) is 26.0. The Morgan fingerprint density at radius 2 is 1.28 bits per heavy atom. The van der Waals surface area contributed by atoms with Gasteiger partial charge in [-0.25, -0.2) is 17.6 Å². The molecule has 4 rings (SSSR count). The van der Waals surface area contributed by atoms with Gasteiger partial charge in [-0.3, -0.25) is 19.2 Å². The van der Waals surface area contributed by atoms with E-state index in [1.54, 1.807) is 24.3 Å². The van der Waals surface area contributed by atoms with Crippen LogP contribution in [0.1, 0.15) is 42.4 Å². The van der Waals surface area contributed by atoms with Gasteiger partial charge in [-0.05, 0) is 78.3 Å². The molecule has 280 valence electrons. The lowest BCUT2D eigenvalue weighted by Gasteiger charge is -2.23. The summed E-state index contributed by atoms with van der Waals surface area (Å²) in [5.74, 6) is 2.78. The highest BCUT2D eigenvalue weighted by molar-refractivity contribution is 5.96. The fourth-order valence-corrected chi connectivity index (χ4v) is 5.99. The summed E-state index contributed by atoms with van der Waals surface area (Å²) in [5, 5.41) is 10.3. The second-order valence-electron chi connectivity index (χ2n) is 12.8. The van der Waals surface area contributed by atoms with Gasteiger partial charge in [-0.1, -0.05) is 60.6 Å². The van der Waals surface area contributed by atoms with Crippen LogP contribution in [0.2, 0.25) is 0 Å². The standard InChI is InChI=1S/C42H40F4N4O4/c1-2-17-47-41(53)37(24-31-20-33(43)26-34(44)21-31)49-40(52)16-14-30-11-6-10-29(19-30)12-7-18-48-42(54)38(25-32-22-35(45)27-36(46)23-32)50-39(51)15-13-28-8-4-3-5-9-28/h1,3-5,8-9,13-16,20-23,26-27,29-30,37-38H,6,10-11,17-19,24-25H2,(H,47,53)(H,48,54)(H,49,52)(H,50,51)/b15-13+,16-14+/t29?,30?,37-,38-/m0/s1. The normalized spacial score (nSPS) is 16.4. The number of carbonyl (C=O) groups excluding carboxylic acids is 4. The van der Waals surface area contributed by atoms with Crippen molar-refractivity contribution in [2.45, 2.75) is 50.6 Å². The number of benzene rings is 3. The van der Waals surface area contributed by atoms with Crippen LogP contribution in [0.5, 0.6) is 0 Å². The SMILES string of the molecule is C#CCNC(=O)[C@H](Cc1cc(F)cc(F)c1)NC(=O)/C=C/C1CCCC(C#CCNC(=O)[C@H](Cc2cc(F)cc(F)c2)NC(=O)/C=C/c2ccccc2)C1. The molecule has 1 saturated carbocycles. The van der Waals surface area contributed by atoms with Crippen molar-refractivity contribution in [3.8, 4) is 24.2 Å². The molecule has 4 atom stereocenters. The van der Waals surface area contributed by atoms with Crippen molar-refractivity contribution >= 4 is 29.7 Å². The Hall–Kier alpha value is -6.14. The maximum Gasteiger partial charge on any atom is 0.244 e. The zero-order chi connectivity index (χ0) is 38.9. The second kappa shape index (κ2) is 20.8. The van der Waals surface area contributed by atoms with E-state index in [1.165, 1.54) is 12.2 Å². The molecular weight excluding hydrogens is 700 g/mol. The Kier molecular flexibility index (Phi) is 15.6. The molecule has 0 aromatic heterocycles. The molecular formula is C42H40F4N4O4. The van der Waals surface area contributed by atoms with E-state index in [0.29, 0.717) is 12.5 Å². The Bertz CT molecular complexity index is 1930. The minimum Gasteiger partial charge on any atom is -0.343 e. The molecule has 0 saturated heterocycles. The van der Waals surface area contributed by atoms with Gasteiger partial charge in [0.2, 0.25) is 23.6 Å². The van der Waals surface area contributed by atoms with Crippen LogP contribution in [0, 0.1) is 59.3 Å². The average Bonchev–Trinajstić information content (AvgIpc) is 3.13. The van der Waals surface area contributed by atoms with Crippen LogP contribution in [0.3, 0.4) is 0 Å². The Labute approximate surface area is 311 Å². The predicted octanol–water partition coefficient (Wildman–Crippen LogP) is 4.94. The van der Waals surface area contributed by atoms with E-state index in [1.807, 2.05) is 18.2 Å².